The first kappa shape index (κ1) is 12.8. The van der Waals surface area contributed by atoms with Gasteiger partial charge in [0.1, 0.15) is 0 Å². The molecule has 1 aromatic rings. The highest BCUT2D eigenvalue weighted by Gasteiger charge is 2.09. The van der Waals surface area contributed by atoms with Crippen molar-refractivity contribution in [3.8, 4) is 0 Å². The zero-order chi connectivity index (χ0) is 12.7. The molecular formula is C11H13N3O3. The number of nitrogens with zero attached hydrogens (tertiary/aromatic N) is 2. The van der Waals surface area contributed by atoms with Gasteiger partial charge in [-0.1, -0.05) is 19.1 Å². The molecule has 0 aliphatic heterocycles. The Bertz CT molecular complexity index is 443. The summed E-state index contributed by atoms with van der Waals surface area (Å²) in [6.07, 6.45) is 2.38. The van der Waals surface area contributed by atoms with Crippen molar-refractivity contribution in [1.29, 1.82) is 0 Å². The Morgan fingerprint density at radius 3 is 2.88 bits per heavy atom. The van der Waals surface area contributed by atoms with E-state index in [9.17, 15) is 14.9 Å². The van der Waals surface area contributed by atoms with E-state index in [4.69, 9.17) is 0 Å². The number of nitro benzene ring substituents is 1. The number of amides is 1. The zero-order valence-electron chi connectivity index (χ0n) is 9.42. The predicted molar refractivity (Wildman–Crippen MR) is 63.7 cm³/mol. The molecule has 17 heavy (non-hydrogen) atoms. The second-order valence-corrected chi connectivity index (χ2v) is 3.36. The first-order valence-electron chi connectivity index (χ1n) is 5.20. The molecule has 1 amide bonds. The Morgan fingerprint density at radius 1 is 1.53 bits per heavy atom. The van der Waals surface area contributed by atoms with Crippen LogP contribution in [0.15, 0.2) is 29.4 Å². The molecule has 0 aliphatic carbocycles. The first-order valence-corrected chi connectivity index (χ1v) is 5.20. The summed E-state index contributed by atoms with van der Waals surface area (Å²) in [4.78, 5) is 21.3. The minimum atomic E-state index is -0.491. The Hall–Kier alpha value is -2.24. The van der Waals surface area contributed by atoms with Crippen LogP contribution in [-0.4, -0.2) is 17.0 Å². The van der Waals surface area contributed by atoms with Crippen molar-refractivity contribution in [2.24, 2.45) is 5.10 Å². The van der Waals surface area contributed by atoms with E-state index in [0.29, 0.717) is 12.0 Å². The second-order valence-electron chi connectivity index (χ2n) is 3.36. The lowest BCUT2D eigenvalue weighted by molar-refractivity contribution is -0.385. The molecule has 0 aromatic heterocycles. The molecule has 1 rings (SSSR count). The number of hydrazone groups is 1. The maximum Gasteiger partial charge on any atom is 0.278 e. The van der Waals surface area contributed by atoms with Crippen LogP contribution in [0.25, 0.3) is 0 Å². The van der Waals surface area contributed by atoms with E-state index in [1.54, 1.807) is 18.2 Å². The van der Waals surface area contributed by atoms with E-state index in [2.05, 4.69) is 10.5 Å². The van der Waals surface area contributed by atoms with Gasteiger partial charge in [-0.2, -0.15) is 5.10 Å². The predicted octanol–water partition coefficient (Wildman–Crippen LogP) is 1.84. The molecule has 0 saturated carbocycles. The van der Waals surface area contributed by atoms with E-state index in [0.717, 1.165) is 6.42 Å². The number of hydrogen-bond acceptors (Lipinski definition) is 4. The van der Waals surface area contributed by atoms with E-state index in [-0.39, 0.29) is 11.6 Å². The average molecular weight is 235 g/mol. The van der Waals surface area contributed by atoms with E-state index >= 15 is 0 Å². The quantitative estimate of drug-likeness (QED) is 0.480. The molecule has 90 valence electrons. The largest absolute Gasteiger partial charge is 0.278 e. The van der Waals surface area contributed by atoms with Crippen LogP contribution in [0.3, 0.4) is 0 Å². The molecule has 0 spiro atoms. The molecular weight excluding hydrogens is 222 g/mol. The number of hydrogen-bond donors (Lipinski definition) is 1. The summed E-state index contributed by atoms with van der Waals surface area (Å²) in [6, 6.07) is 6.19. The van der Waals surface area contributed by atoms with Crippen LogP contribution in [-0.2, 0) is 4.79 Å². The number of carbonyl (C=O) groups excluding carboxylic acids is 1. The average Bonchev–Trinajstić information content (AvgIpc) is 2.30. The standard InChI is InChI=1S/C11H13N3O3/c1-2-5-11(15)13-12-8-9-6-3-4-7-10(9)14(16)17/h3-4,6-8H,2,5H2,1H3,(H,13,15)/b12-8+. The summed E-state index contributed by atoms with van der Waals surface area (Å²) in [6.45, 7) is 1.88. The number of benzene rings is 1. The highest BCUT2D eigenvalue weighted by Crippen LogP contribution is 2.14. The van der Waals surface area contributed by atoms with Crippen LogP contribution in [0, 0.1) is 10.1 Å². The van der Waals surface area contributed by atoms with Crippen molar-refractivity contribution in [2.45, 2.75) is 19.8 Å². The summed E-state index contributed by atoms with van der Waals surface area (Å²) in [5.41, 5.74) is 2.62. The highest BCUT2D eigenvalue weighted by atomic mass is 16.6. The number of nitrogens with one attached hydrogen (secondary N) is 1. The lowest BCUT2D eigenvalue weighted by Crippen LogP contribution is -2.16. The van der Waals surface area contributed by atoms with Crippen LogP contribution < -0.4 is 5.43 Å². The van der Waals surface area contributed by atoms with Gasteiger partial charge < -0.3 is 0 Å². The van der Waals surface area contributed by atoms with E-state index < -0.39 is 4.92 Å². The van der Waals surface area contributed by atoms with Gasteiger partial charge in [-0.25, -0.2) is 5.43 Å². The van der Waals surface area contributed by atoms with Crippen molar-refractivity contribution in [3.63, 3.8) is 0 Å². The third-order valence-electron chi connectivity index (χ3n) is 2.00. The van der Waals surface area contributed by atoms with Gasteiger partial charge in [-0.15, -0.1) is 0 Å². The van der Waals surface area contributed by atoms with Crippen LogP contribution in [0.2, 0.25) is 0 Å². The van der Waals surface area contributed by atoms with E-state index in [1.165, 1.54) is 12.3 Å². The zero-order valence-corrected chi connectivity index (χ0v) is 9.42. The molecule has 0 aliphatic rings. The number of rotatable bonds is 5. The van der Waals surface area contributed by atoms with Crippen molar-refractivity contribution in [1.82, 2.24) is 5.43 Å². The van der Waals surface area contributed by atoms with Crippen LogP contribution in [0.5, 0.6) is 0 Å². The third-order valence-corrected chi connectivity index (χ3v) is 2.00. The van der Waals surface area contributed by atoms with Gasteiger partial charge in [-0.05, 0) is 12.5 Å². The van der Waals surface area contributed by atoms with Crippen LogP contribution >= 0.6 is 0 Å². The Labute approximate surface area is 98.5 Å². The Kier molecular flexibility index (Phi) is 4.80. The van der Waals surface area contributed by atoms with Crippen LogP contribution in [0.4, 0.5) is 5.69 Å². The van der Waals surface area contributed by atoms with Gasteiger partial charge in [0.05, 0.1) is 16.7 Å². The molecule has 0 saturated heterocycles. The van der Waals surface area contributed by atoms with Crippen molar-refractivity contribution in [2.75, 3.05) is 0 Å². The lowest BCUT2D eigenvalue weighted by atomic mass is 10.2. The summed E-state index contributed by atoms with van der Waals surface area (Å²) in [5.74, 6) is -0.206. The summed E-state index contributed by atoms with van der Waals surface area (Å²) >= 11 is 0. The molecule has 6 nitrogen and oxygen atoms in total. The van der Waals surface area contributed by atoms with E-state index in [1.807, 2.05) is 6.92 Å². The highest BCUT2D eigenvalue weighted by molar-refractivity contribution is 5.86. The Balaban J connectivity index is 2.71. The minimum absolute atomic E-state index is 0.0407. The lowest BCUT2D eigenvalue weighted by Gasteiger charge is -1.97. The monoisotopic (exact) mass is 235 g/mol. The number of nitro groups is 1. The second kappa shape index (κ2) is 6.37. The molecule has 0 atom stereocenters. The molecule has 0 bridgehead atoms. The maximum absolute atomic E-state index is 11.1. The Morgan fingerprint density at radius 2 is 2.24 bits per heavy atom. The molecule has 0 unspecified atom stereocenters. The molecule has 0 heterocycles. The number of carbonyl (C=O) groups is 1. The van der Waals surface area contributed by atoms with Gasteiger partial charge in [0.25, 0.3) is 5.69 Å². The minimum Gasteiger partial charge on any atom is -0.273 e. The number of para-hydroxylation sites is 1. The fraction of sp³-hybridized carbons (Fsp3) is 0.273. The molecule has 0 fully saturated rings. The summed E-state index contributed by atoms with van der Waals surface area (Å²) in [5, 5.41) is 14.4. The maximum atomic E-state index is 11.1. The molecule has 6 heteroatoms. The van der Waals surface area contributed by atoms with Gasteiger partial charge >= 0.3 is 0 Å². The molecule has 1 aromatic carbocycles. The van der Waals surface area contributed by atoms with Gasteiger partial charge in [0, 0.05) is 12.5 Å². The topological polar surface area (TPSA) is 84.6 Å². The van der Waals surface area contributed by atoms with Crippen molar-refractivity contribution >= 4 is 17.8 Å². The van der Waals surface area contributed by atoms with Crippen molar-refractivity contribution in [3.05, 3.63) is 39.9 Å². The fourth-order valence-corrected chi connectivity index (χ4v) is 1.22. The van der Waals surface area contributed by atoms with Crippen molar-refractivity contribution < 1.29 is 9.72 Å². The molecule has 0 radical (unpaired) electrons. The normalized spacial score (nSPS) is 10.4. The fourth-order valence-electron chi connectivity index (χ4n) is 1.22. The smallest absolute Gasteiger partial charge is 0.273 e. The third kappa shape index (κ3) is 4.02. The first-order chi connectivity index (χ1) is 8.15. The summed E-state index contributed by atoms with van der Waals surface area (Å²) in [7, 11) is 0. The molecule has 1 N–H and O–H groups in total. The van der Waals surface area contributed by atoms with Crippen LogP contribution in [0.1, 0.15) is 25.3 Å². The summed E-state index contributed by atoms with van der Waals surface area (Å²) < 4.78 is 0. The van der Waals surface area contributed by atoms with Gasteiger partial charge in [-0.3, -0.25) is 14.9 Å². The van der Waals surface area contributed by atoms with Gasteiger partial charge in [0.15, 0.2) is 0 Å². The SMILES string of the molecule is CCCC(=O)N/N=C/c1ccccc1[N+](=O)[O-]. The van der Waals surface area contributed by atoms with Gasteiger partial charge in [0.2, 0.25) is 5.91 Å².